The number of benzene rings is 3. The molecular formula is C30H36NO9P. The average molecular weight is 586 g/mol. The summed E-state index contributed by atoms with van der Waals surface area (Å²) in [7, 11) is -4.46. The number of aliphatic carboxylic acids is 1. The van der Waals surface area contributed by atoms with Crippen molar-refractivity contribution >= 4 is 19.8 Å². The maximum absolute atomic E-state index is 12.2. The summed E-state index contributed by atoms with van der Waals surface area (Å²) in [6.45, 7) is 3.61. The molecule has 0 saturated heterocycles. The van der Waals surface area contributed by atoms with E-state index in [4.69, 9.17) is 24.8 Å². The molecule has 0 heterocycles. The highest BCUT2D eigenvalue weighted by atomic mass is 31.2. The molecule has 11 heteroatoms. The minimum atomic E-state index is -4.46. The van der Waals surface area contributed by atoms with Gasteiger partial charge < -0.3 is 25.2 Å². The number of rotatable bonds is 16. The SMILES string of the molecule is Cc1cc(C)cc(-c2cccc(COc3ccccc3CCC(=O)OCCCOP(=O)(O)OC[C@H](N)C(=O)O)c2)c1. The predicted octanol–water partition coefficient (Wildman–Crippen LogP) is 4.96. The lowest BCUT2D eigenvalue weighted by Crippen LogP contribution is -2.34. The Kier molecular flexibility index (Phi) is 12.1. The summed E-state index contributed by atoms with van der Waals surface area (Å²) >= 11 is 0. The van der Waals surface area contributed by atoms with Gasteiger partial charge in [-0.3, -0.25) is 18.6 Å². The largest absolute Gasteiger partial charge is 0.489 e. The number of phosphoric ester groups is 1. The zero-order valence-electron chi connectivity index (χ0n) is 23.2. The summed E-state index contributed by atoms with van der Waals surface area (Å²) in [4.78, 5) is 32.4. The van der Waals surface area contributed by atoms with E-state index in [1.165, 1.54) is 11.1 Å². The Morgan fingerprint density at radius 1 is 0.927 bits per heavy atom. The number of hydrogen-bond acceptors (Lipinski definition) is 8. The third kappa shape index (κ3) is 11.1. The van der Waals surface area contributed by atoms with Crippen LogP contribution in [0.25, 0.3) is 11.1 Å². The van der Waals surface area contributed by atoms with Crippen molar-refractivity contribution in [3.8, 4) is 16.9 Å². The Morgan fingerprint density at radius 3 is 2.39 bits per heavy atom. The van der Waals surface area contributed by atoms with Crippen LogP contribution in [0.5, 0.6) is 5.75 Å². The molecule has 3 aromatic carbocycles. The fourth-order valence-corrected chi connectivity index (χ4v) is 4.79. The summed E-state index contributed by atoms with van der Waals surface area (Å²) in [5.74, 6) is -1.12. The fraction of sp³-hybridized carbons (Fsp3) is 0.333. The van der Waals surface area contributed by atoms with Crippen molar-refractivity contribution < 1.29 is 42.7 Å². The summed E-state index contributed by atoms with van der Waals surface area (Å²) in [5.41, 5.74) is 11.8. The predicted molar refractivity (Wildman–Crippen MR) is 153 cm³/mol. The Labute approximate surface area is 239 Å². The van der Waals surface area contributed by atoms with Crippen molar-refractivity contribution in [2.75, 3.05) is 19.8 Å². The van der Waals surface area contributed by atoms with E-state index in [0.29, 0.717) is 18.8 Å². The van der Waals surface area contributed by atoms with E-state index in [0.717, 1.165) is 22.3 Å². The Morgan fingerprint density at radius 2 is 1.66 bits per heavy atom. The zero-order valence-corrected chi connectivity index (χ0v) is 24.0. The Balaban J connectivity index is 1.43. The average Bonchev–Trinajstić information content (AvgIpc) is 2.93. The Hall–Kier alpha value is -3.53. The maximum Gasteiger partial charge on any atom is 0.472 e. The van der Waals surface area contributed by atoms with Crippen LogP contribution in [0, 0.1) is 13.8 Å². The fourth-order valence-electron chi connectivity index (χ4n) is 4.01. The molecule has 2 atom stereocenters. The topological polar surface area (TPSA) is 155 Å². The number of nitrogens with two attached hydrogens (primary N) is 1. The van der Waals surface area contributed by atoms with Crippen LogP contribution in [0.4, 0.5) is 0 Å². The number of carboxylic acid groups (broad SMARTS) is 1. The lowest BCUT2D eigenvalue weighted by Gasteiger charge is -2.14. The number of carboxylic acids is 1. The van der Waals surface area contributed by atoms with Gasteiger partial charge in [-0.25, -0.2) is 4.57 Å². The monoisotopic (exact) mass is 585 g/mol. The van der Waals surface area contributed by atoms with Gasteiger partial charge in [-0.2, -0.15) is 0 Å². The minimum Gasteiger partial charge on any atom is -0.489 e. The van der Waals surface area contributed by atoms with Crippen molar-refractivity contribution in [1.29, 1.82) is 0 Å². The number of carbonyl (C=O) groups excluding carboxylic acids is 1. The van der Waals surface area contributed by atoms with Crippen LogP contribution in [0.3, 0.4) is 0 Å². The molecule has 220 valence electrons. The van der Waals surface area contributed by atoms with Gasteiger partial charge >= 0.3 is 19.8 Å². The minimum absolute atomic E-state index is 0.0254. The van der Waals surface area contributed by atoms with E-state index in [1.54, 1.807) is 0 Å². The van der Waals surface area contributed by atoms with Gasteiger partial charge in [-0.15, -0.1) is 0 Å². The maximum atomic E-state index is 12.2. The smallest absolute Gasteiger partial charge is 0.472 e. The molecular weight excluding hydrogens is 549 g/mol. The molecule has 0 fully saturated rings. The van der Waals surface area contributed by atoms with E-state index in [2.05, 4.69) is 48.7 Å². The van der Waals surface area contributed by atoms with Crippen molar-refractivity contribution in [1.82, 2.24) is 0 Å². The summed E-state index contributed by atoms with van der Waals surface area (Å²) in [5, 5.41) is 8.67. The van der Waals surface area contributed by atoms with Crippen molar-refractivity contribution in [3.05, 3.63) is 89.0 Å². The zero-order chi connectivity index (χ0) is 29.8. The summed E-state index contributed by atoms with van der Waals surface area (Å²) in [6, 6.07) is 20.8. The lowest BCUT2D eigenvalue weighted by molar-refractivity contribution is -0.143. The normalized spacial score (nSPS) is 13.3. The van der Waals surface area contributed by atoms with Crippen LogP contribution in [-0.2, 0) is 41.0 Å². The molecule has 0 saturated carbocycles. The molecule has 10 nitrogen and oxygen atoms in total. The standard InChI is InChI=1S/C30H36NO9P/c1-21-15-22(2)17-26(16-21)25-9-5-7-23(18-25)19-38-28-10-4-3-8-24(28)11-12-29(32)37-13-6-14-39-41(35,36)40-20-27(31)30(33)34/h3-5,7-10,15-18,27H,6,11-14,19-20,31H2,1-2H3,(H,33,34)(H,35,36)/t27-/m0/s1. The van der Waals surface area contributed by atoms with E-state index in [1.807, 2.05) is 36.4 Å². The molecule has 3 rings (SSSR count). The molecule has 1 unspecified atom stereocenters. The van der Waals surface area contributed by atoms with Gasteiger partial charge in [0.15, 0.2) is 0 Å². The highest BCUT2D eigenvalue weighted by molar-refractivity contribution is 7.47. The highest BCUT2D eigenvalue weighted by Gasteiger charge is 2.24. The van der Waals surface area contributed by atoms with E-state index in [9.17, 15) is 19.0 Å². The van der Waals surface area contributed by atoms with Crippen LogP contribution in [-0.4, -0.2) is 47.8 Å². The molecule has 3 aromatic rings. The van der Waals surface area contributed by atoms with Crippen LogP contribution in [0.15, 0.2) is 66.7 Å². The summed E-state index contributed by atoms with van der Waals surface area (Å²) < 4.78 is 32.3. The first kappa shape index (κ1) is 32.0. The molecule has 0 aliphatic rings. The van der Waals surface area contributed by atoms with Gasteiger partial charge in [0.05, 0.1) is 19.8 Å². The summed E-state index contributed by atoms with van der Waals surface area (Å²) in [6.07, 6.45) is 0.682. The van der Waals surface area contributed by atoms with Crippen LogP contribution in [0.1, 0.15) is 35.1 Å². The Bertz CT molecular complexity index is 1360. The molecule has 41 heavy (non-hydrogen) atoms. The molecule has 0 amide bonds. The van der Waals surface area contributed by atoms with Crippen LogP contribution >= 0.6 is 7.82 Å². The molecule has 0 spiro atoms. The quantitative estimate of drug-likeness (QED) is 0.119. The number of carbonyl (C=O) groups is 2. The van der Waals surface area contributed by atoms with Crippen molar-refractivity contribution in [2.45, 2.75) is 45.8 Å². The lowest BCUT2D eigenvalue weighted by atomic mass is 9.99. The second-order valence-electron chi connectivity index (χ2n) is 9.59. The number of aryl methyl sites for hydroxylation is 3. The third-order valence-electron chi connectivity index (χ3n) is 5.99. The molecule has 4 N–H and O–H groups in total. The second-order valence-corrected chi connectivity index (χ2v) is 11.0. The van der Waals surface area contributed by atoms with Gasteiger partial charge in [0, 0.05) is 12.8 Å². The number of para-hydroxylation sites is 1. The van der Waals surface area contributed by atoms with Crippen molar-refractivity contribution in [2.24, 2.45) is 5.73 Å². The van der Waals surface area contributed by atoms with Gasteiger partial charge in [0.2, 0.25) is 0 Å². The van der Waals surface area contributed by atoms with Crippen LogP contribution < -0.4 is 10.5 Å². The van der Waals surface area contributed by atoms with E-state index < -0.39 is 32.4 Å². The molecule has 0 radical (unpaired) electrons. The number of hydrogen-bond donors (Lipinski definition) is 3. The van der Waals surface area contributed by atoms with Gasteiger partial charge in [-0.1, -0.05) is 65.7 Å². The molecule has 0 aliphatic heterocycles. The molecule has 0 aromatic heterocycles. The second kappa shape index (κ2) is 15.5. The highest BCUT2D eigenvalue weighted by Crippen LogP contribution is 2.43. The van der Waals surface area contributed by atoms with Crippen molar-refractivity contribution in [3.63, 3.8) is 0 Å². The van der Waals surface area contributed by atoms with Crippen LogP contribution in [0.2, 0.25) is 0 Å². The number of esters is 1. The molecule has 0 aliphatic carbocycles. The first-order valence-electron chi connectivity index (χ1n) is 13.2. The molecule has 0 bridgehead atoms. The van der Waals surface area contributed by atoms with E-state index >= 15 is 0 Å². The van der Waals surface area contributed by atoms with Gasteiger partial charge in [0.1, 0.15) is 18.4 Å². The number of ether oxygens (including phenoxy) is 2. The van der Waals surface area contributed by atoms with Gasteiger partial charge in [0.25, 0.3) is 0 Å². The first-order chi connectivity index (χ1) is 19.5. The van der Waals surface area contributed by atoms with E-state index in [-0.39, 0.29) is 26.1 Å². The third-order valence-corrected chi connectivity index (χ3v) is 6.97. The van der Waals surface area contributed by atoms with Gasteiger partial charge in [-0.05, 0) is 54.7 Å². The number of phosphoric acid groups is 1. The first-order valence-corrected chi connectivity index (χ1v) is 14.7.